The third kappa shape index (κ3) is 4.25. The highest BCUT2D eigenvalue weighted by atomic mass is 16.1. The SMILES string of the molecule is CCCCc1ccc(NC(=O)Cc2ccn[nH]2)cc1. The first-order valence-corrected chi connectivity index (χ1v) is 6.65. The van der Waals surface area contributed by atoms with E-state index in [0.29, 0.717) is 6.42 Å². The number of unbranched alkanes of at least 4 members (excludes halogenated alkanes) is 1. The van der Waals surface area contributed by atoms with Crippen molar-refractivity contribution in [2.45, 2.75) is 32.6 Å². The lowest BCUT2D eigenvalue weighted by Gasteiger charge is -2.06. The number of H-pyrrole nitrogens is 1. The smallest absolute Gasteiger partial charge is 0.230 e. The fourth-order valence-electron chi connectivity index (χ4n) is 1.90. The quantitative estimate of drug-likeness (QED) is 0.836. The van der Waals surface area contributed by atoms with E-state index in [-0.39, 0.29) is 5.91 Å². The van der Waals surface area contributed by atoms with Gasteiger partial charge in [0.25, 0.3) is 0 Å². The van der Waals surface area contributed by atoms with Crippen LogP contribution in [-0.4, -0.2) is 16.1 Å². The molecule has 100 valence electrons. The molecule has 0 aliphatic rings. The van der Waals surface area contributed by atoms with Crippen molar-refractivity contribution in [2.75, 3.05) is 5.32 Å². The van der Waals surface area contributed by atoms with Gasteiger partial charge in [-0.1, -0.05) is 25.5 Å². The van der Waals surface area contributed by atoms with Gasteiger partial charge < -0.3 is 5.32 Å². The van der Waals surface area contributed by atoms with Crippen molar-refractivity contribution >= 4 is 11.6 Å². The number of aryl methyl sites for hydroxylation is 1. The number of nitrogens with one attached hydrogen (secondary N) is 2. The molecule has 2 aromatic rings. The summed E-state index contributed by atoms with van der Waals surface area (Å²) >= 11 is 0. The van der Waals surface area contributed by atoms with Crippen molar-refractivity contribution < 1.29 is 4.79 Å². The zero-order valence-electron chi connectivity index (χ0n) is 11.1. The van der Waals surface area contributed by atoms with Crippen LogP contribution in [0.4, 0.5) is 5.69 Å². The average Bonchev–Trinajstić information content (AvgIpc) is 2.90. The summed E-state index contributed by atoms with van der Waals surface area (Å²) in [5.74, 6) is -0.0365. The Kier molecular flexibility index (Phi) is 4.72. The molecule has 0 aliphatic carbocycles. The number of aromatic amines is 1. The van der Waals surface area contributed by atoms with E-state index in [9.17, 15) is 4.79 Å². The second-order valence-corrected chi connectivity index (χ2v) is 4.61. The molecule has 4 nitrogen and oxygen atoms in total. The lowest BCUT2D eigenvalue weighted by atomic mass is 10.1. The van der Waals surface area contributed by atoms with Crippen molar-refractivity contribution in [3.05, 3.63) is 47.8 Å². The molecular weight excluding hydrogens is 238 g/mol. The summed E-state index contributed by atoms with van der Waals surface area (Å²) in [7, 11) is 0. The monoisotopic (exact) mass is 257 g/mol. The molecule has 0 unspecified atom stereocenters. The van der Waals surface area contributed by atoms with Crippen molar-refractivity contribution in [3.8, 4) is 0 Å². The highest BCUT2D eigenvalue weighted by Gasteiger charge is 2.04. The van der Waals surface area contributed by atoms with Crippen LogP contribution in [0.2, 0.25) is 0 Å². The molecule has 1 aromatic carbocycles. The molecule has 1 heterocycles. The summed E-state index contributed by atoms with van der Waals surface area (Å²) in [6.07, 6.45) is 5.45. The van der Waals surface area contributed by atoms with E-state index in [4.69, 9.17) is 0 Å². The molecule has 0 spiro atoms. The Morgan fingerprint density at radius 1 is 1.26 bits per heavy atom. The molecule has 2 N–H and O–H groups in total. The van der Waals surface area contributed by atoms with Crippen LogP contribution in [-0.2, 0) is 17.6 Å². The van der Waals surface area contributed by atoms with Gasteiger partial charge in [0.05, 0.1) is 6.42 Å². The van der Waals surface area contributed by atoms with Crippen molar-refractivity contribution in [3.63, 3.8) is 0 Å². The molecule has 0 saturated heterocycles. The van der Waals surface area contributed by atoms with Gasteiger partial charge in [-0.05, 0) is 36.6 Å². The van der Waals surface area contributed by atoms with Crippen LogP contribution >= 0.6 is 0 Å². The van der Waals surface area contributed by atoms with Crippen molar-refractivity contribution in [1.29, 1.82) is 0 Å². The Labute approximate surface area is 113 Å². The molecule has 1 amide bonds. The van der Waals surface area contributed by atoms with Gasteiger partial charge in [-0.25, -0.2) is 0 Å². The lowest BCUT2D eigenvalue weighted by molar-refractivity contribution is -0.115. The third-order valence-corrected chi connectivity index (χ3v) is 2.97. The Morgan fingerprint density at radius 3 is 2.68 bits per heavy atom. The van der Waals surface area contributed by atoms with Gasteiger partial charge in [0, 0.05) is 17.6 Å². The number of carbonyl (C=O) groups is 1. The standard InChI is InChI=1S/C15H19N3O/c1-2-3-4-12-5-7-13(8-6-12)17-15(19)11-14-9-10-16-18-14/h5-10H,2-4,11H2,1H3,(H,16,18)(H,17,19). The van der Waals surface area contributed by atoms with E-state index >= 15 is 0 Å². The molecule has 0 aliphatic heterocycles. The Balaban J connectivity index is 1.86. The fourth-order valence-corrected chi connectivity index (χ4v) is 1.90. The van der Waals surface area contributed by atoms with Crippen LogP contribution in [0.25, 0.3) is 0 Å². The zero-order chi connectivity index (χ0) is 13.5. The van der Waals surface area contributed by atoms with Crippen molar-refractivity contribution in [2.24, 2.45) is 0 Å². The Hall–Kier alpha value is -2.10. The Bertz CT molecular complexity index is 503. The fraction of sp³-hybridized carbons (Fsp3) is 0.333. The van der Waals surface area contributed by atoms with Crippen LogP contribution < -0.4 is 5.32 Å². The van der Waals surface area contributed by atoms with E-state index in [1.54, 1.807) is 12.3 Å². The first-order chi connectivity index (χ1) is 9.28. The molecule has 0 atom stereocenters. The van der Waals surface area contributed by atoms with Crippen molar-refractivity contribution in [1.82, 2.24) is 10.2 Å². The molecule has 0 radical (unpaired) electrons. The summed E-state index contributed by atoms with van der Waals surface area (Å²) < 4.78 is 0. The maximum absolute atomic E-state index is 11.8. The van der Waals surface area contributed by atoms with Gasteiger partial charge in [-0.2, -0.15) is 5.10 Å². The number of rotatable bonds is 6. The van der Waals surface area contributed by atoms with Gasteiger partial charge in [0.2, 0.25) is 5.91 Å². The summed E-state index contributed by atoms with van der Waals surface area (Å²) in [5, 5.41) is 9.47. The van der Waals surface area contributed by atoms with Gasteiger partial charge in [0.1, 0.15) is 0 Å². The summed E-state index contributed by atoms with van der Waals surface area (Å²) in [6, 6.07) is 9.85. The molecule has 2 rings (SSSR count). The van der Waals surface area contributed by atoms with Gasteiger partial charge in [-0.15, -0.1) is 0 Å². The average molecular weight is 257 g/mol. The van der Waals surface area contributed by atoms with Crippen LogP contribution in [0.15, 0.2) is 36.5 Å². The summed E-state index contributed by atoms with van der Waals surface area (Å²) in [4.78, 5) is 11.8. The second kappa shape index (κ2) is 6.73. The van der Waals surface area contributed by atoms with E-state index in [2.05, 4.69) is 34.6 Å². The first kappa shape index (κ1) is 13.3. The number of hydrogen-bond donors (Lipinski definition) is 2. The minimum Gasteiger partial charge on any atom is -0.326 e. The minimum absolute atomic E-state index is 0.0365. The first-order valence-electron chi connectivity index (χ1n) is 6.65. The predicted molar refractivity (Wildman–Crippen MR) is 76.0 cm³/mol. The second-order valence-electron chi connectivity index (χ2n) is 4.61. The number of amides is 1. The van der Waals surface area contributed by atoms with E-state index in [0.717, 1.165) is 17.8 Å². The maximum atomic E-state index is 11.8. The van der Waals surface area contributed by atoms with E-state index < -0.39 is 0 Å². The van der Waals surface area contributed by atoms with Gasteiger partial charge in [0.15, 0.2) is 0 Å². The van der Waals surface area contributed by atoms with Crippen LogP contribution in [0.3, 0.4) is 0 Å². The predicted octanol–water partition coefficient (Wildman–Crippen LogP) is 2.93. The number of benzene rings is 1. The number of aromatic nitrogens is 2. The highest BCUT2D eigenvalue weighted by molar-refractivity contribution is 5.91. The third-order valence-electron chi connectivity index (χ3n) is 2.97. The molecule has 0 fully saturated rings. The number of hydrogen-bond acceptors (Lipinski definition) is 2. The van der Waals surface area contributed by atoms with Crippen LogP contribution in [0.5, 0.6) is 0 Å². The topological polar surface area (TPSA) is 57.8 Å². The lowest BCUT2D eigenvalue weighted by Crippen LogP contribution is -2.14. The van der Waals surface area contributed by atoms with E-state index in [1.807, 2.05) is 12.1 Å². The van der Waals surface area contributed by atoms with Gasteiger partial charge in [-0.3, -0.25) is 9.89 Å². The van der Waals surface area contributed by atoms with Crippen LogP contribution in [0, 0.1) is 0 Å². The van der Waals surface area contributed by atoms with Crippen LogP contribution in [0.1, 0.15) is 31.0 Å². The molecule has 0 bridgehead atoms. The number of nitrogens with zero attached hydrogens (tertiary/aromatic N) is 1. The molecule has 0 saturated carbocycles. The van der Waals surface area contributed by atoms with E-state index in [1.165, 1.54) is 18.4 Å². The largest absolute Gasteiger partial charge is 0.326 e. The molecule has 19 heavy (non-hydrogen) atoms. The maximum Gasteiger partial charge on any atom is 0.230 e. The summed E-state index contributed by atoms with van der Waals surface area (Å²) in [6.45, 7) is 2.18. The molecule has 4 heteroatoms. The highest BCUT2D eigenvalue weighted by Crippen LogP contribution is 2.12. The number of carbonyl (C=O) groups excluding carboxylic acids is 1. The van der Waals surface area contributed by atoms with Gasteiger partial charge >= 0.3 is 0 Å². The summed E-state index contributed by atoms with van der Waals surface area (Å²) in [5.41, 5.74) is 2.97. The molecule has 1 aromatic heterocycles. The normalized spacial score (nSPS) is 10.4. The minimum atomic E-state index is -0.0365. The Morgan fingerprint density at radius 2 is 2.05 bits per heavy atom. The zero-order valence-corrected chi connectivity index (χ0v) is 11.1. The molecular formula is C15H19N3O. The number of anilines is 1.